The maximum absolute atomic E-state index is 13.9. The van der Waals surface area contributed by atoms with Crippen molar-refractivity contribution in [2.75, 3.05) is 13.2 Å². The first-order chi connectivity index (χ1) is 34.3. The number of Topliss-reactive ketones (excluding diaryl/α,β-unsaturated/α-hetero) is 1. The molecule has 0 aromatic heterocycles. The first-order valence-electron chi connectivity index (χ1n) is 26.3. The summed E-state index contributed by atoms with van der Waals surface area (Å²) in [5.74, 6) is -5.81. The highest BCUT2D eigenvalue weighted by atomic mass is 31.2. The number of hydrogen-bond donors (Lipinski definition) is 9. The van der Waals surface area contributed by atoms with E-state index in [-0.39, 0.29) is 38.5 Å². The largest absolute Gasteiger partial charge is 0.472 e. The number of ether oxygens (including phenoxy) is 2. The van der Waals surface area contributed by atoms with Crippen LogP contribution in [0, 0.1) is 11.8 Å². The van der Waals surface area contributed by atoms with Gasteiger partial charge in [0, 0.05) is 25.2 Å². The van der Waals surface area contributed by atoms with Crippen LogP contribution >= 0.6 is 15.6 Å². The zero-order valence-corrected chi connectivity index (χ0v) is 44.4. The number of aliphatic hydroxyl groups excluding tert-OH is 6. The molecule has 1 saturated carbocycles. The number of carbonyl (C=O) groups excluding carboxylic acids is 3. The minimum absolute atomic E-state index is 0.0419. The number of carbonyl (C=O) groups is 3. The van der Waals surface area contributed by atoms with Crippen LogP contribution in [-0.4, -0.2) is 131 Å². The highest BCUT2D eigenvalue weighted by Crippen LogP contribution is 2.49. The van der Waals surface area contributed by atoms with Crippen LogP contribution in [0.4, 0.5) is 0 Å². The molecule has 0 spiro atoms. The van der Waals surface area contributed by atoms with Crippen LogP contribution in [-0.2, 0) is 46.6 Å². The number of fused-ring (bicyclic) bond motifs is 4. The van der Waals surface area contributed by atoms with E-state index < -0.39 is 120 Å². The number of aliphatic hydroxyl groups is 6. The molecular weight excluding hydrogens is 978 g/mol. The van der Waals surface area contributed by atoms with E-state index in [0.29, 0.717) is 12.8 Å². The lowest BCUT2D eigenvalue weighted by Crippen LogP contribution is -2.56. The van der Waals surface area contributed by atoms with Crippen LogP contribution in [0.15, 0.2) is 48.6 Å². The van der Waals surface area contributed by atoms with E-state index in [2.05, 4.69) is 31.2 Å². The summed E-state index contributed by atoms with van der Waals surface area (Å²) in [6.45, 7) is 2.52. The lowest BCUT2D eigenvalue weighted by atomic mass is 9.83. The summed E-state index contributed by atoms with van der Waals surface area (Å²) in [6, 6.07) is 0. The van der Waals surface area contributed by atoms with Gasteiger partial charge in [-0.05, 0) is 64.2 Å². The van der Waals surface area contributed by atoms with Crippen LogP contribution in [0.5, 0.6) is 0 Å². The summed E-state index contributed by atoms with van der Waals surface area (Å²) in [7, 11) is -11.5. The molecule has 0 amide bonds. The SMILES string of the molecule is CCCCC/C=C\C/C=C\CCCCCCCCCCCC(=O)O[C@@H]1COC(=O)CCC/C=C\C[C@@H]2[C@@H](O)[C@H](O)[C@@H](O)[C@H](OP(=O)(O)OC1)[C@H](OP(=O)(O)O)[C@H](O)[C@@H](/C=C/[C@@H](O)CCCCC)C(=O)C[C@@H]2O. The molecule has 2 rings (SSSR count). The fourth-order valence-electron chi connectivity index (χ4n) is 8.53. The third kappa shape index (κ3) is 28.4. The topological polar surface area (TPSA) is 314 Å². The van der Waals surface area contributed by atoms with E-state index in [9.17, 15) is 68.8 Å². The van der Waals surface area contributed by atoms with Crippen molar-refractivity contribution in [2.45, 2.75) is 229 Å². The molecule has 2 bridgehead atoms. The zero-order valence-electron chi connectivity index (χ0n) is 42.6. The Hall–Kier alpha value is -2.45. The Labute approximate surface area is 427 Å². The molecule has 1 aliphatic carbocycles. The molecule has 0 radical (unpaired) electrons. The molecule has 12 atom stereocenters. The second kappa shape index (κ2) is 37.3. The fraction of sp³-hybridized carbons (Fsp3) is 0.784. The van der Waals surface area contributed by atoms with E-state index >= 15 is 0 Å². The minimum Gasteiger partial charge on any atom is -0.462 e. The molecular formula is C51H88O19P2. The average Bonchev–Trinajstić information content (AvgIpc) is 3.32. The quantitative estimate of drug-likeness (QED) is 0.0167. The fourth-order valence-corrected chi connectivity index (χ4v) is 10.1. The summed E-state index contributed by atoms with van der Waals surface area (Å²) in [6.07, 6.45) is 11.9. The molecule has 2 aliphatic rings. The molecule has 0 aromatic carbocycles. The maximum Gasteiger partial charge on any atom is 0.472 e. The molecule has 19 nitrogen and oxygen atoms in total. The van der Waals surface area contributed by atoms with Gasteiger partial charge in [0.2, 0.25) is 0 Å². The monoisotopic (exact) mass is 1070 g/mol. The van der Waals surface area contributed by atoms with Gasteiger partial charge in [-0.3, -0.25) is 28.0 Å². The summed E-state index contributed by atoms with van der Waals surface area (Å²) in [4.78, 5) is 70.8. The van der Waals surface area contributed by atoms with E-state index in [1.54, 1.807) is 6.08 Å². The average molecular weight is 1070 g/mol. The third-order valence-electron chi connectivity index (χ3n) is 12.7. The Kier molecular flexibility index (Phi) is 34.0. The number of ketones is 1. The van der Waals surface area contributed by atoms with Crippen molar-refractivity contribution >= 4 is 33.4 Å². The van der Waals surface area contributed by atoms with Crippen LogP contribution in [0.3, 0.4) is 0 Å². The van der Waals surface area contributed by atoms with Gasteiger partial charge in [0.05, 0.1) is 36.9 Å². The second-order valence-corrected chi connectivity index (χ2v) is 21.6. The van der Waals surface area contributed by atoms with Gasteiger partial charge in [0.15, 0.2) is 6.10 Å². The number of rotatable bonds is 27. The predicted octanol–water partition coefficient (Wildman–Crippen LogP) is 7.43. The highest BCUT2D eigenvalue weighted by Gasteiger charge is 2.51. The van der Waals surface area contributed by atoms with E-state index in [1.165, 1.54) is 31.8 Å². The maximum atomic E-state index is 13.9. The van der Waals surface area contributed by atoms with Crippen LogP contribution in [0.1, 0.15) is 174 Å². The summed E-state index contributed by atoms with van der Waals surface area (Å²) in [5, 5.41) is 68.2. The minimum atomic E-state index is -5.80. The van der Waals surface area contributed by atoms with Crippen LogP contribution in [0.25, 0.3) is 0 Å². The summed E-state index contributed by atoms with van der Waals surface area (Å²) < 4.78 is 52.2. The molecule has 1 aliphatic heterocycles. The number of allylic oxidation sites excluding steroid dienone is 6. The number of esters is 2. The number of phosphoric acid groups is 2. The number of cyclic esters (lactones) is 1. The molecule has 416 valence electrons. The number of hydrogen-bond acceptors (Lipinski definition) is 16. The number of unbranched alkanes of at least 4 members (excludes halogenated alkanes) is 14. The van der Waals surface area contributed by atoms with Gasteiger partial charge in [-0.15, -0.1) is 0 Å². The molecule has 1 unspecified atom stereocenters. The van der Waals surface area contributed by atoms with Gasteiger partial charge in [-0.1, -0.05) is 140 Å². The normalized spacial score (nSPS) is 30.0. The first-order valence-corrected chi connectivity index (χ1v) is 29.3. The smallest absolute Gasteiger partial charge is 0.462 e. The van der Waals surface area contributed by atoms with Crippen LogP contribution < -0.4 is 0 Å². The van der Waals surface area contributed by atoms with Crippen molar-refractivity contribution in [2.24, 2.45) is 11.8 Å². The Morgan fingerprint density at radius 1 is 0.806 bits per heavy atom. The summed E-state index contributed by atoms with van der Waals surface area (Å²) >= 11 is 0. The standard InChI is InChI=1S/C51H88O19P2/c1-3-5-7-8-9-10-11-12-13-14-15-16-17-18-19-20-21-22-28-32-45(56)68-39-36-66-44(55)31-27-24-23-26-30-40-42(53)35-43(54)41(34-33-38(52)29-25-6-4-2)47(58)50(69-71(61,62)63)51(49(60)48(59)46(40)57)70-72(64,65)67-37-39/h9-10,12-13,23,26,33-34,38-42,46-53,57-60H,3-8,11,14-22,24-25,27-32,35-37H2,1-2H3,(H,64,65)(H2,61,62,63)/b10-9-,13-12-,26-23-,34-33+/t38-,39+,40-,41-,42-,46+,47+,48-,49+,50+,51-/m0/s1. The number of phosphoric ester groups is 2. The Morgan fingerprint density at radius 3 is 2.06 bits per heavy atom. The Bertz CT molecular complexity index is 1730. The Morgan fingerprint density at radius 2 is 1.42 bits per heavy atom. The molecule has 9 N–H and O–H groups in total. The molecule has 0 saturated heterocycles. The Balaban J connectivity index is 2.23. The van der Waals surface area contributed by atoms with Gasteiger partial charge in [0.1, 0.15) is 36.8 Å². The van der Waals surface area contributed by atoms with Crippen LogP contribution in [0.2, 0.25) is 0 Å². The van der Waals surface area contributed by atoms with Crippen molar-refractivity contribution in [1.29, 1.82) is 0 Å². The van der Waals surface area contributed by atoms with Gasteiger partial charge in [0.25, 0.3) is 0 Å². The molecule has 72 heavy (non-hydrogen) atoms. The van der Waals surface area contributed by atoms with Gasteiger partial charge < -0.3 is 54.8 Å². The lowest BCUT2D eigenvalue weighted by molar-refractivity contribution is -0.165. The summed E-state index contributed by atoms with van der Waals surface area (Å²) in [5.41, 5.74) is 0. The predicted molar refractivity (Wildman–Crippen MR) is 270 cm³/mol. The van der Waals surface area contributed by atoms with E-state index in [0.717, 1.165) is 89.2 Å². The van der Waals surface area contributed by atoms with Crippen molar-refractivity contribution < 1.29 is 91.9 Å². The van der Waals surface area contributed by atoms with Gasteiger partial charge in [-0.2, -0.15) is 0 Å². The van der Waals surface area contributed by atoms with Crippen molar-refractivity contribution in [3.63, 3.8) is 0 Å². The first kappa shape index (κ1) is 65.7. The van der Waals surface area contributed by atoms with E-state index in [1.807, 2.05) is 6.92 Å². The lowest BCUT2D eigenvalue weighted by Gasteiger charge is -2.38. The molecule has 1 heterocycles. The van der Waals surface area contributed by atoms with Gasteiger partial charge in [-0.25, -0.2) is 9.13 Å². The van der Waals surface area contributed by atoms with Crippen molar-refractivity contribution in [3.8, 4) is 0 Å². The van der Waals surface area contributed by atoms with Gasteiger partial charge >= 0.3 is 27.6 Å². The van der Waals surface area contributed by atoms with Crippen molar-refractivity contribution in [3.05, 3.63) is 48.6 Å². The second-order valence-electron chi connectivity index (χ2n) is 19.0. The molecule has 21 heteroatoms. The van der Waals surface area contributed by atoms with Crippen molar-refractivity contribution in [1.82, 2.24) is 0 Å². The van der Waals surface area contributed by atoms with E-state index in [4.69, 9.17) is 23.0 Å². The molecule has 0 aromatic rings. The zero-order chi connectivity index (χ0) is 53.4. The highest BCUT2D eigenvalue weighted by molar-refractivity contribution is 7.47. The molecule has 1 fully saturated rings. The third-order valence-corrected chi connectivity index (χ3v) is 14.3.